The third-order valence-corrected chi connectivity index (χ3v) is 3.46. The van der Waals surface area contributed by atoms with Crippen molar-refractivity contribution in [1.29, 1.82) is 0 Å². The Kier molecular flexibility index (Phi) is 3.19. The first-order valence-corrected chi connectivity index (χ1v) is 6.45. The summed E-state index contributed by atoms with van der Waals surface area (Å²) >= 11 is 3.25. The van der Waals surface area contributed by atoms with Gasteiger partial charge in [0.25, 0.3) is 0 Å². The Labute approximate surface area is 121 Å². The molecule has 1 N–H and O–H groups in total. The van der Waals surface area contributed by atoms with Gasteiger partial charge in [-0.1, -0.05) is 12.1 Å². The van der Waals surface area contributed by atoms with Crippen LogP contribution in [0.5, 0.6) is 5.88 Å². The molecule has 20 heavy (non-hydrogen) atoms. The van der Waals surface area contributed by atoms with Crippen LogP contribution in [-0.4, -0.2) is 24.9 Å². The Morgan fingerprint density at radius 3 is 2.55 bits per heavy atom. The summed E-state index contributed by atoms with van der Waals surface area (Å²) in [5.74, 6) is -0.673. The molecule has 0 unspecified atom stereocenters. The Morgan fingerprint density at radius 1 is 1.15 bits per heavy atom. The van der Waals surface area contributed by atoms with Gasteiger partial charge in [-0.3, -0.25) is 0 Å². The second-order valence-corrected chi connectivity index (χ2v) is 4.77. The number of aromatic hydroxyl groups is 1. The molecule has 0 radical (unpaired) electrons. The minimum absolute atomic E-state index is 0.229. The van der Waals surface area contributed by atoms with Crippen LogP contribution in [0.15, 0.2) is 47.5 Å². The SMILES string of the molecule is Oc1nn(-c2ccccc2F)c(-c2cncnc2)c1Br. The minimum atomic E-state index is -0.444. The van der Waals surface area contributed by atoms with E-state index in [4.69, 9.17) is 0 Å². The van der Waals surface area contributed by atoms with E-state index in [9.17, 15) is 9.50 Å². The first-order chi connectivity index (χ1) is 9.68. The van der Waals surface area contributed by atoms with Gasteiger partial charge in [0, 0.05) is 18.0 Å². The van der Waals surface area contributed by atoms with Gasteiger partial charge in [-0.05, 0) is 28.1 Å². The molecule has 0 spiro atoms. The molecule has 0 fully saturated rings. The maximum Gasteiger partial charge on any atom is 0.245 e. The minimum Gasteiger partial charge on any atom is -0.491 e. The van der Waals surface area contributed by atoms with E-state index in [-0.39, 0.29) is 11.6 Å². The highest BCUT2D eigenvalue weighted by Gasteiger charge is 2.20. The molecule has 100 valence electrons. The van der Waals surface area contributed by atoms with Crippen molar-refractivity contribution in [3.63, 3.8) is 0 Å². The van der Waals surface area contributed by atoms with Crippen LogP contribution in [0.25, 0.3) is 16.9 Å². The number of nitrogens with zero attached hydrogens (tertiary/aromatic N) is 4. The molecule has 0 bridgehead atoms. The number of rotatable bonds is 2. The number of benzene rings is 1. The van der Waals surface area contributed by atoms with E-state index in [2.05, 4.69) is 31.0 Å². The molecule has 0 aliphatic rings. The van der Waals surface area contributed by atoms with E-state index >= 15 is 0 Å². The van der Waals surface area contributed by atoms with Crippen LogP contribution in [0.3, 0.4) is 0 Å². The normalized spacial score (nSPS) is 10.7. The number of halogens is 2. The molecule has 0 atom stereocenters. The van der Waals surface area contributed by atoms with Gasteiger partial charge in [0.15, 0.2) is 0 Å². The number of aromatic nitrogens is 4. The molecular formula is C13H8BrFN4O. The lowest BCUT2D eigenvalue weighted by molar-refractivity contribution is 0.444. The summed E-state index contributed by atoms with van der Waals surface area (Å²) in [4.78, 5) is 7.84. The fourth-order valence-corrected chi connectivity index (χ4v) is 2.33. The number of hydrogen-bond donors (Lipinski definition) is 1. The van der Waals surface area contributed by atoms with E-state index in [0.717, 1.165) is 0 Å². The third-order valence-electron chi connectivity index (χ3n) is 2.73. The summed E-state index contributed by atoms with van der Waals surface area (Å²) in [6, 6.07) is 6.17. The Bertz CT molecular complexity index is 760. The van der Waals surface area contributed by atoms with Gasteiger partial charge in [0.2, 0.25) is 5.88 Å². The predicted octanol–water partition coefficient (Wildman–Crippen LogP) is 2.94. The lowest BCUT2D eigenvalue weighted by Crippen LogP contribution is -2.02. The van der Waals surface area contributed by atoms with Crippen LogP contribution < -0.4 is 0 Å². The van der Waals surface area contributed by atoms with Crippen molar-refractivity contribution in [3.8, 4) is 22.8 Å². The van der Waals surface area contributed by atoms with E-state index in [0.29, 0.717) is 15.7 Å². The van der Waals surface area contributed by atoms with Crippen molar-refractivity contribution in [2.75, 3.05) is 0 Å². The monoisotopic (exact) mass is 334 g/mol. The van der Waals surface area contributed by atoms with Crippen molar-refractivity contribution in [1.82, 2.24) is 19.7 Å². The van der Waals surface area contributed by atoms with Crippen molar-refractivity contribution in [2.45, 2.75) is 0 Å². The average molecular weight is 335 g/mol. The van der Waals surface area contributed by atoms with Crippen LogP contribution in [-0.2, 0) is 0 Å². The Hall–Kier alpha value is -2.28. The molecule has 0 saturated heterocycles. The third kappa shape index (κ3) is 2.05. The van der Waals surface area contributed by atoms with Crippen molar-refractivity contribution >= 4 is 15.9 Å². The zero-order chi connectivity index (χ0) is 14.1. The summed E-state index contributed by atoms with van der Waals surface area (Å²) in [5.41, 5.74) is 1.32. The first kappa shape index (κ1) is 12.7. The molecule has 2 heterocycles. The summed E-state index contributed by atoms with van der Waals surface area (Å²) in [6.07, 6.45) is 4.51. The summed E-state index contributed by atoms with van der Waals surface area (Å²) in [6.45, 7) is 0. The fourth-order valence-electron chi connectivity index (χ4n) is 1.86. The van der Waals surface area contributed by atoms with E-state index in [1.807, 2.05) is 0 Å². The van der Waals surface area contributed by atoms with Gasteiger partial charge in [-0.15, -0.1) is 5.10 Å². The Morgan fingerprint density at radius 2 is 1.85 bits per heavy atom. The highest BCUT2D eigenvalue weighted by molar-refractivity contribution is 9.10. The molecule has 3 aromatic rings. The molecule has 3 rings (SSSR count). The average Bonchev–Trinajstić information content (AvgIpc) is 2.76. The zero-order valence-electron chi connectivity index (χ0n) is 10.0. The van der Waals surface area contributed by atoms with E-state index < -0.39 is 5.82 Å². The Balaban J connectivity index is 2.28. The molecule has 0 aliphatic heterocycles. The molecule has 1 aromatic carbocycles. The van der Waals surface area contributed by atoms with Crippen molar-refractivity contribution < 1.29 is 9.50 Å². The maximum absolute atomic E-state index is 13.9. The highest BCUT2D eigenvalue weighted by atomic mass is 79.9. The smallest absolute Gasteiger partial charge is 0.245 e. The maximum atomic E-state index is 13.9. The summed E-state index contributed by atoms with van der Waals surface area (Å²) < 4.78 is 15.6. The van der Waals surface area contributed by atoms with Crippen LogP contribution in [0, 0.1) is 5.82 Å². The lowest BCUT2D eigenvalue weighted by atomic mass is 10.2. The van der Waals surface area contributed by atoms with E-state index in [1.165, 1.54) is 17.1 Å². The first-order valence-electron chi connectivity index (χ1n) is 5.66. The van der Waals surface area contributed by atoms with Gasteiger partial charge in [0.05, 0.1) is 5.69 Å². The van der Waals surface area contributed by atoms with Crippen molar-refractivity contribution in [3.05, 3.63) is 53.3 Å². The topological polar surface area (TPSA) is 63.8 Å². The van der Waals surface area contributed by atoms with Crippen molar-refractivity contribution in [2.24, 2.45) is 0 Å². The van der Waals surface area contributed by atoms with E-state index in [1.54, 1.807) is 30.6 Å². The lowest BCUT2D eigenvalue weighted by Gasteiger charge is -2.08. The molecule has 0 amide bonds. The molecule has 0 saturated carbocycles. The predicted molar refractivity (Wildman–Crippen MR) is 73.9 cm³/mol. The highest BCUT2D eigenvalue weighted by Crippen LogP contribution is 2.36. The van der Waals surface area contributed by atoms with Gasteiger partial charge in [-0.25, -0.2) is 19.0 Å². The fraction of sp³-hybridized carbons (Fsp3) is 0. The second-order valence-electron chi connectivity index (χ2n) is 3.98. The second kappa shape index (κ2) is 5.01. The number of para-hydroxylation sites is 1. The number of hydrogen-bond acceptors (Lipinski definition) is 4. The summed E-state index contributed by atoms with van der Waals surface area (Å²) in [5, 5.41) is 13.7. The van der Waals surface area contributed by atoms with Gasteiger partial charge < -0.3 is 5.11 Å². The molecular weight excluding hydrogens is 327 g/mol. The van der Waals surface area contributed by atoms with Crippen LogP contribution >= 0.6 is 15.9 Å². The molecule has 0 aliphatic carbocycles. The van der Waals surface area contributed by atoms with Crippen LogP contribution in [0.1, 0.15) is 0 Å². The zero-order valence-corrected chi connectivity index (χ0v) is 11.6. The van der Waals surface area contributed by atoms with Crippen LogP contribution in [0.2, 0.25) is 0 Å². The largest absolute Gasteiger partial charge is 0.491 e. The molecule has 7 heteroatoms. The summed E-state index contributed by atoms with van der Waals surface area (Å²) in [7, 11) is 0. The molecule has 2 aromatic heterocycles. The van der Waals surface area contributed by atoms with Crippen LogP contribution in [0.4, 0.5) is 4.39 Å². The standard InChI is InChI=1S/C13H8BrFN4O/c14-11-12(8-5-16-7-17-6-8)19(18-13(11)20)10-4-2-1-3-9(10)15/h1-7H,(H,18,20). The molecule has 5 nitrogen and oxygen atoms in total. The van der Waals surface area contributed by atoms with Gasteiger partial charge in [0.1, 0.15) is 22.3 Å². The van der Waals surface area contributed by atoms with Gasteiger partial charge >= 0.3 is 0 Å². The quantitative estimate of drug-likeness (QED) is 0.782. The van der Waals surface area contributed by atoms with Gasteiger partial charge in [-0.2, -0.15) is 0 Å².